The molecule has 2 heterocycles. The Morgan fingerprint density at radius 3 is 2.82 bits per heavy atom. The van der Waals surface area contributed by atoms with Gasteiger partial charge in [0.05, 0.1) is 5.56 Å². The monoisotopic (exact) mass is 297 g/mol. The molecule has 0 radical (unpaired) electrons. The van der Waals surface area contributed by atoms with Gasteiger partial charge in [-0.25, -0.2) is 0 Å². The lowest BCUT2D eigenvalue weighted by Crippen LogP contribution is -2.29. The van der Waals surface area contributed by atoms with Gasteiger partial charge in [-0.1, -0.05) is 18.2 Å². The number of hydrogen-bond donors (Lipinski definition) is 1. The van der Waals surface area contributed by atoms with Gasteiger partial charge in [-0.3, -0.25) is 9.59 Å². The zero-order valence-electron chi connectivity index (χ0n) is 12.3. The fraction of sp³-hybridized carbons (Fsp3) is 0.250. The lowest BCUT2D eigenvalue weighted by Gasteiger charge is -2.18. The molecule has 1 unspecified atom stereocenters. The summed E-state index contributed by atoms with van der Waals surface area (Å²) in [6.45, 7) is 3.81. The van der Waals surface area contributed by atoms with Gasteiger partial charge in [0.25, 0.3) is 11.8 Å². The van der Waals surface area contributed by atoms with Crippen molar-refractivity contribution in [2.45, 2.75) is 19.9 Å². The Bertz CT molecular complexity index is 777. The highest BCUT2D eigenvalue weighted by Gasteiger charge is 2.24. The number of azo groups is 1. The quantitative estimate of drug-likeness (QED) is 0.945. The number of furan rings is 1. The largest absolute Gasteiger partial charge is 0.466 e. The van der Waals surface area contributed by atoms with Crippen molar-refractivity contribution >= 4 is 11.8 Å². The highest BCUT2D eigenvalue weighted by Crippen LogP contribution is 2.26. The molecule has 6 heteroatoms. The third-order valence-electron chi connectivity index (χ3n) is 3.58. The van der Waals surface area contributed by atoms with Gasteiger partial charge in [-0.05, 0) is 31.5 Å². The second kappa shape index (κ2) is 5.55. The third-order valence-corrected chi connectivity index (χ3v) is 3.58. The normalized spacial score (nSPS) is 16.5. The molecule has 0 aliphatic carbocycles. The van der Waals surface area contributed by atoms with Crippen molar-refractivity contribution in [2.24, 2.45) is 10.2 Å². The van der Waals surface area contributed by atoms with Gasteiger partial charge < -0.3 is 9.73 Å². The van der Waals surface area contributed by atoms with Gasteiger partial charge in [-0.15, -0.1) is 5.11 Å². The number of rotatable bonds is 3. The van der Waals surface area contributed by atoms with Crippen LogP contribution in [0, 0.1) is 13.8 Å². The van der Waals surface area contributed by atoms with Gasteiger partial charge in [-0.2, -0.15) is 5.11 Å². The van der Waals surface area contributed by atoms with Gasteiger partial charge >= 0.3 is 0 Å². The second-order valence-corrected chi connectivity index (χ2v) is 5.16. The Labute approximate surface area is 127 Å². The molecule has 6 nitrogen and oxygen atoms in total. The number of nitrogens with one attached hydrogen (secondary N) is 1. The Kier molecular flexibility index (Phi) is 3.58. The number of carbonyl (C=O) groups excluding carboxylic acids is 2. The maximum atomic E-state index is 12.2. The van der Waals surface area contributed by atoms with Crippen LogP contribution in [0.3, 0.4) is 0 Å². The van der Waals surface area contributed by atoms with Crippen LogP contribution in [-0.2, 0) is 0 Å². The number of benzene rings is 1. The number of carbonyl (C=O) groups is 2. The molecule has 2 aromatic rings. The molecule has 0 saturated carbocycles. The van der Waals surface area contributed by atoms with Crippen LogP contribution in [0.15, 0.2) is 45.0 Å². The lowest BCUT2D eigenvalue weighted by molar-refractivity contribution is 0.0949. The minimum absolute atomic E-state index is 0.223. The van der Waals surface area contributed by atoms with Crippen molar-refractivity contribution in [3.8, 4) is 0 Å². The van der Waals surface area contributed by atoms with E-state index in [4.69, 9.17) is 4.42 Å². The summed E-state index contributed by atoms with van der Waals surface area (Å²) in [6, 6.07) is 8.51. The Morgan fingerprint density at radius 2 is 2.09 bits per heavy atom. The third kappa shape index (κ3) is 2.55. The molecule has 1 aromatic heterocycles. The van der Waals surface area contributed by atoms with Crippen molar-refractivity contribution in [3.05, 3.63) is 58.5 Å². The minimum Gasteiger partial charge on any atom is -0.466 e. The van der Waals surface area contributed by atoms with Gasteiger partial charge in [0, 0.05) is 12.1 Å². The minimum atomic E-state index is -0.355. The molecule has 3 rings (SSSR count). The van der Waals surface area contributed by atoms with Crippen LogP contribution in [0.1, 0.15) is 43.8 Å². The maximum absolute atomic E-state index is 12.2. The Hall–Kier alpha value is -2.76. The number of amides is 2. The van der Waals surface area contributed by atoms with Gasteiger partial charge in [0.1, 0.15) is 17.6 Å². The van der Waals surface area contributed by atoms with E-state index in [0.29, 0.717) is 22.6 Å². The first-order valence-electron chi connectivity index (χ1n) is 6.95. The summed E-state index contributed by atoms with van der Waals surface area (Å²) in [5.41, 5.74) is 1.82. The Morgan fingerprint density at radius 1 is 1.32 bits per heavy atom. The maximum Gasteiger partial charge on any atom is 0.295 e. The van der Waals surface area contributed by atoms with Gasteiger partial charge in [0.15, 0.2) is 0 Å². The van der Waals surface area contributed by atoms with E-state index in [0.717, 1.165) is 5.56 Å². The molecule has 1 N–H and O–H groups in total. The van der Waals surface area contributed by atoms with Crippen LogP contribution in [0.5, 0.6) is 0 Å². The van der Waals surface area contributed by atoms with Crippen LogP contribution in [-0.4, -0.2) is 18.4 Å². The van der Waals surface area contributed by atoms with E-state index in [-0.39, 0.29) is 24.4 Å². The average molecular weight is 297 g/mol. The smallest absolute Gasteiger partial charge is 0.295 e. The van der Waals surface area contributed by atoms with E-state index in [1.165, 1.54) is 0 Å². The summed E-state index contributed by atoms with van der Waals surface area (Å²) in [4.78, 5) is 23.9. The predicted octanol–water partition coefficient (Wildman–Crippen LogP) is 2.97. The van der Waals surface area contributed by atoms with E-state index in [2.05, 4.69) is 15.5 Å². The van der Waals surface area contributed by atoms with Crippen molar-refractivity contribution in [1.82, 2.24) is 5.32 Å². The number of fused-ring (bicyclic) bond motifs is 1. The first kappa shape index (κ1) is 14.2. The molecule has 1 aliphatic heterocycles. The highest BCUT2D eigenvalue weighted by molar-refractivity contribution is 5.97. The van der Waals surface area contributed by atoms with Crippen molar-refractivity contribution in [1.29, 1.82) is 0 Å². The molecular weight excluding hydrogens is 282 g/mol. The topological polar surface area (TPSA) is 84.0 Å². The van der Waals surface area contributed by atoms with Crippen LogP contribution in [0.4, 0.5) is 0 Å². The zero-order valence-corrected chi connectivity index (χ0v) is 12.3. The first-order valence-corrected chi connectivity index (χ1v) is 6.95. The predicted molar refractivity (Wildman–Crippen MR) is 78.9 cm³/mol. The number of hydrogen-bond acceptors (Lipinski definition) is 4. The van der Waals surface area contributed by atoms with Crippen LogP contribution in [0.25, 0.3) is 0 Å². The molecule has 1 aliphatic rings. The van der Waals surface area contributed by atoms with Crippen molar-refractivity contribution in [3.63, 3.8) is 0 Å². The molecule has 0 bridgehead atoms. The molecule has 1 atom stereocenters. The van der Waals surface area contributed by atoms with E-state index in [9.17, 15) is 9.59 Å². The van der Waals surface area contributed by atoms with Crippen LogP contribution in [0.2, 0.25) is 0 Å². The highest BCUT2D eigenvalue weighted by atomic mass is 16.3. The van der Waals surface area contributed by atoms with E-state index >= 15 is 0 Å². The molecule has 112 valence electrons. The standard InChI is InChI=1S/C16H15N3O3/c1-9-7-13(10(2)22-9)15(20)17-8-14-11-5-3-4-6-12(11)16(21)19-18-14/h3-7,14H,8H2,1-2H3,(H,17,20). The second-order valence-electron chi connectivity index (χ2n) is 5.16. The van der Waals surface area contributed by atoms with Crippen molar-refractivity contribution in [2.75, 3.05) is 6.54 Å². The van der Waals surface area contributed by atoms with Crippen molar-refractivity contribution < 1.29 is 14.0 Å². The van der Waals surface area contributed by atoms with Crippen LogP contribution >= 0.6 is 0 Å². The summed E-state index contributed by atoms with van der Waals surface area (Å²) < 4.78 is 5.35. The first-order chi connectivity index (χ1) is 10.6. The van der Waals surface area contributed by atoms with E-state index in [1.54, 1.807) is 32.0 Å². The van der Waals surface area contributed by atoms with E-state index < -0.39 is 0 Å². The summed E-state index contributed by atoms with van der Waals surface area (Å²) in [5, 5.41) is 10.4. The summed E-state index contributed by atoms with van der Waals surface area (Å²) in [6.07, 6.45) is 0. The molecule has 1 aromatic carbocycles. The summed E-state index contributed by atoms with van der Waals surface area (Å²) in [5.74, 6) is 0.699. The fourth-order valence-electron chi connectivity index (χ4n) is 2.51. The fourth-order valence-corrected chi connectivity index (χ4v) is 2.51. The molecular formula is C16H15N3O3. The molecule has 22 heavy (non-hydrogen) atoms. The lowest BCUT2D eigenvalue weighted by atomic mass is 9.99. The molecule has 0 saturated heterocycles. The summed E-state index contributed by atoms with van der Waals surface area (Å²) >= 11 is 0. The molecule has 0 fully saturated rings. The van der Waals surface area contributed by atoms with Crippen LogP contribution < -0.4 is 5.32 Å². The zero-order chi connectivity index (χ0) is 15.7. The summed E-state index contributed by atoms with van der Waals surface area (Å²) in [7, 11) is 0. The van der Waals surface area contributed by atoms with Gasteiger partial charge in [0.2, 0.25) is 0 Å². The molecule has 0 spiro atoms. The average Bonchev–Trinajstić information content (AvgIpc) is 2.85. The SMILES string of the molecule is Cc1cc(C(=O)NCC2N=NC(=O)c3ccccc32)c(C)o1. The molecule has 2 amide bonds. The number of aryl methyl sites for hydroxylation is 2. The Balaban J connectivity index is 1.75. The number of nitrogens with zero attached hydrogens (tertiary/aromatic N) is 2. The van der Waals surface area contributed by atoms with E-state index in [1.807, 2.05) is 12.1 Å².